The van der Waals surface area contributed by atoms with Crippen molar-refractivity contribution in [3.8, 4) is 0 Å². The lowest BCUT2D eigenvalue weighted by atomic mass is 10.2. The van der Waals surface area contributed by atoms with Crippen LogP contribution in [0.2, 0.25) is 0 Å². The van der Waals surface area contributed by atoms with Crippen molar-refractivity contribution in [2.24, 2.45) is 5.10 Å². The Morgan fingerprint density at radius 1 is 1.09 bits per heavy atom. The highest BCUT2D eigenvalue weighted by molar-refractivity contribution is 9.10. The van der Waals surface area contributed by atoms with E-state index in [1.54, 1.807) is 18.2 Å². The summed E-state index contributed by atoms with van der Waals surface area (Å²) in [6, 6.07) is 14.6. The van der Waals surface area contributed by atoms with Gasteiger partial charge in [0.05, 0.1) is 6.21 Å². The number of hydrazone groups is 1. The van der Waals surface area contributed by atoms with Crippen molar-refractivity contribution in [1.29, 1.82) is 0 Å². The van der Waals surface area contributed by atoms with Gasteiger partial charge in [0.25, 0.3) is 0 Å². The molecule has 5 nitrogen and oxygen atoms in total. The molecule has 0 heterocycles. The van der Waals surface area contributed by atoms with Gasteiger partial charge in [0.1, 0.15) is 0 Å². The van der Waals surface area contributed by atoms with E-state index < -0.39 is 11.8 Å². The minimum atomic E-state index is -0.826. The van der Waals surface area contributed by atoms with Crippen molar-refractivity contribution in [2.45, 2.75) is 6.92 Å². The largest absolute Gasteiger partial charge is 0.329 e. The van der Waals surface area contributed by atoms with E-state index in [1.807, 2.05) is 37.3 Å². The Hall–Kier alpha value is -2.47. The van der Waals surface area contributed by atoms with Gasteiger partial charge in [0.2, 0.25) is 0 Å². The lowest BCUT2D eigenvalue weighted by Crippen LogP contribution is -2.32. The van der Waals surface area contributed by atoms with Crippen LogP contribution in [0.4, 0.5) is 5.69 Å². The van der Waals surface area contributed by atoms with Crippen molar-refractivity contribution >= 4 is 39.6 Å². The van der Waals surface area contributed by atoms with Gasteiger partial charge < -0.3 is 5.32 Å². The molecular formula is C16H14BrN3O2. The van der Waals surface area contributed by atoms with Crippen LogP contribution >= 0.6 is 15.9 Å². The maximum atomic E-state index is 11.7. The number of hydrogen-bond acceptors (Lipinski definition) is 3. The molecule has 2 aromatic rings. The van der Waals surface area contributed by atoms with Crippen molar-refractivity contribution < 1.29 is 9.59 Å². The number of rotatable bonds is 3. The lowest BCUT2D eigenvalue weighted by molar-refractivity contribution is -0.136. The average Bonchev–Trinajstić information content (AvgIpc) is 2.47. The molecule has 0 aromatic heterocycles. The quantitative estimate of drug-likeness (QED) is 0.502. The number of carbonyl (C=O) groups excluding carboxylic acids is 2. The third-order valence-electron chi connectivity index (χ3n) is 2.71. The molecule has 6 heteroatoms. The predicted molar refractivity (Wildman–Crippen MR) is 89.7 cm³/mol. The average molecular weight is 360 g/mol. The third kappa shape index (κ3) is 4.82. The van der Waals surface area contributed by atoms with Gasteiger partial charge >= 0.3 is 11.8 Å². The molecule has 0 aliphatic carbocycles. The van der Waals surface area contributed by atoms with Crippen LogP contribution in [0.1, 0.15) is 11.1 Å². The fraction of sp³-hybridized carbons (Fsp3) is 0.0625. The third-order valence-corrected chi connectivity index (χ3v) is 3.20. The SMILES string of the molecule is Cc1cccc(NC(=O)C(=O)NN=Cc2cccc(Br)c2)c1. The van der Waals surface area contributed by atoms with E-state index in [4.69, 9.17) is 0 Å². The smallest absolute Gasteiger partial charge is 0.318 e. The first-order valence-electron chi connectivity index (χ1n) is 6.51. The molecule has 0 bridgehead atoms. The van der Waals surface area contributed by atoms with Crippen molar-refractivity contribution in [2.75, 3.05) is 5.32 Å². The first-order valence-corrected chi connectivity index (χ1v) is 7.30. The van der Waals surface area contributed by atoms with Crippen LogP contribution in [-0.4, -0.2) is 18.0 Å². The molecule has 2 rings (SSSR count). The molecule has 0 aliphatic heterocycles. The van der Waals surface area contributed by atoms with Crippen LogP contribution < -0.4 is 10.7 Å². The second kappa shape index (κ2) is 7.51. The van der Waals surface area contributed by atoms with Gasteiger partial charge in [0, 0.05) is 10.2 Å². The molecule has 2 N–H and O–H groups in total. The normalized spacial score (nSPS) is 10.5. The molecule has 0 spiro atoms. The zero-order valence-electron chi connectivity index (χ0n) is 11.8. The maximum Gasteiger partial charge on any atom is 0.329 e. The number of anilines is 1. The predicted octanol–water partition coefficient (Wildman–Crippen LogP) is 2.85. The Morgan fingerprint density at radius 3 is 2.59 bits per heavy atom. The fourth-order valence-electron chi connectivity index (χ4n) is 1.71. The molecule has 0 radical (unpaired) electrons. The van der Waals surface area contributed by atoms with E-state index in [9.17, 15) is 9.59 Å². The van der Waals surface area contributed by atoms with Gasteiger partial charge in [-0.2, -0.15) is 5.10 Å². The Kier molecular flexibility index (Phi) is 5.43. The van der Waals surface area contributed by atoms with Crippen molar-refractivity contribution in [3.63, 3.8) is 0 Å². The summed E-state index contributed by atoms with van der Waals surface area (Å²) in [4.78, 5) is 23.4. The summed E-state index contributed by atoms with van der Waals surface area (Å²) in [7, 11) is 0. The zero-order chi connectivity index (χ0) is 15.9. The Morgan fingerprint density at radius 2 is 1.86 bits per heavy atom. The number of hydrogen-bond donors (Lipinski definition) is 2. The summed E-state index contributed by atoms with van der Waals surface area (Å²) in [6.07, 6.45) is 1.46. The van der Waals surface area contributed by atoms with Crippen molar-refractivity contribution in [1.82, 2.24) is 5.43 Å². The summed E-state index contributed by atoms with van der Waals surface area (Å²) in [5.74, 6) is -1.59. The van der Waals surface area contributed by atoms with Crippen LogP contribution in [0, 0.1) is 6.92 Å². The van der Waals surface area contributed by atoms with Crippen molar-refractivity contribution in [3.05, 3.63) is 64.1 Å². The number of amides is 2. The summed E-state index contributed by atoms with van der Waals surface area (Å²) in [5.41, 5.74) is 4.55. The van der Waals surface area contributed by atoms with E-state index >= 15 is 0 Å². The van der Waals surface area contributed by atoms with Crippen LogP contribution in [0.15, 0.2) is 58.1 Å². The van der Waals surface area contributed by atoms with Gasteiger partial charge in [-0.1, -0.05) is 40.2 Å². The topological polar surface area (TPSA) is 70.6 Å². The van der Waals surface area contributed by atoms with Crippen LogP contribution in [-0.2, 0) is 9.59 Å². The molecule has 2 aromatic carbocycles. The molecule has 0 atom stereocenters. The summed E-state index contributed by atoms with van der Waals surface area (Å²) in [6.45, 7) is 1.90. The maximum absolute atomic E-state index is 11.7. The summed E-state index contributed by atoms with van der Waals surface area (Å²) in [5, 5.41) is 6.26. The molecule has 0 fully saturated rings. The number of halogens is 1. The van der Waals surface area contributed by atoms with E-state index in [0.717, 1.165) is 15.6 Å². The second-order valence-electron chi connectivity index (χ2n) is 4.58. The van der Waals surface area contributed by atoms with E-state index in [-0.39, 0.29) is 0 Å². The van der Waals surface area contributed by atoms with E-state index in [2.05, 4.69) is 31.8 Å². The Labute approximate surface area is 136 Å². The fourth-order valence-corrected chi connectivity index (χ4v) is 2.13. The molecule has 0 unspecified atom stereocenters. The summed E-state index contributed by atoms with van der Waals surface area (Å²) >= 11 is 3.34. The highest BCUT2D eigenvalue weighted by Crippen LogP contribution is 2.10. The highest BCUT2D eigenvalue weighted by Gasteiger charge is 2.12. The van der Waals surface area contributed by atoms with Crippen LogP contribution in [0.5, 0.6) is 0 Å². The van der Waals surface area contributed by atoms with Gasteiger partial charge in [-0.25, -0.2) is 5.43 Å². The molecule has 0 saturated carbocycles. The lowest BCUT2D eigenvalue weighted by Gasteiger charge is -2.04. The van der Waals surface area contributed by atoms with Gasteiger partial charge in [-0.3, -0.25) is 9.59 Å². The number of nitrogens with one attached hydrogen (secondary N) is 2. The molecule has 2 amide bonds. The summed E-state index contributed by atoms with van der Waals surface area (Å²) < 4.78 is 0.903. The molecular weight excluding hydrogens is 346 g/mol. The minimum absolute atomic E-state index is 0.566. The Bertz CT molecular complexity index is 729. The first kappa shape index (κ1) is 15.9. The molecule has 0 saturated heterocycles. The number of aryl methyl sites for hydroxylation is 1. The number of benzene rings is 2. The van der Waals surface area contributed by atoms with Gasteiger partial charge in [-0.05, 0) is 42.3 Å². The van der Waals surface area contributed by atoms with E-state index in [0.29, 0.717) is 5.69 Å². The minimum Gasteiger partial charge on any atom is -0.318 e. The standard InChI is InChI=1S/C16H14BrN3O2/c1-11-4-2-7-14(8-11)19-15(21)16(22)20-18-10-12-5-3-6-13(17)9-12/h2-10H,1H3,(H,19,21)(H,20,22). The monoisotopic (exact) mass is 359 g/mol. The highest BCUT2D eigenvalue weighted by atomic mass is 79.9. The second-order valence-corrected chi connectivity index (χ2v) is 5.49. The van der Waals surface area contributed by atoms with Crippen LogP contribution in [0.25, 0.3) is 0 Å². The Balaban J connectivity index is 1.90. The van der Waals surface area contributed by atoms with Crippen LogP contribution in [0.3, 0.4) is 0 Å². The first-order chi connectivity index (χ1) is 10.5. The number of nitrogens with zero attached hydrogens (tertiary/aromatic N) is 1. The number of carbonyl (C=O) groups is 2. The zero-order valence-corrected chi connectivity index (χ0v) is 13.4. The van der Waals surface area contributed by atoms with Gasteiger partial charge in [0.15, 0.2) is 0 Å². The van der Waals surface area contributed by atoms with E-state index in [1.165, 1.54) is 6.21 Å². The molecule has 0 aliphatic rings. The molecule has 112 valence electrons. The molecule has 22 heavy (non-hydrogen) atoms. The van der Waals surface area contributed by atoms with Gasteiger partial charge in [-0.15, -0.1) is 0 Å².